The minimum absolute atomic E-state index is 0.0145. The van der Waals surface area contributed by atoms with Crippen molar-refractivity contribution in [2.24, 2.45) is 23.7 Å². The zero-order valence-corrected chi connectivity index (χ0v) is 28.5. The van der Waals surface area contributed by atoms with Crippen LogP contribution in [0.1, 0.15) is 85.1 Å². The molecule has 2 amide bonds. The molecule has 9 nitrogen and oxygen atoms in total. The van der Waals surface area contributed by atoms with Gasteiger partial charge in [0, 0.05) is 13.1 Å². The maximum atomic E-state index is 13.4. The molecule has 2 rings (SSSR count). The second-order valence-electron chi connectivity index (χ2n) is 13.2. The molecule has 252 valence electrons. The molecular formula is C34H59N3O6S. The van der Waals surface area contributed by atoms with Gasteiger partial charge in [-0.1, -0.05) is 97.1 Å². The molecule has 0 aliphatic heterocycles. The van der Waals surface area contributed by atoms with Crippen LogP contribution in [0.25, 0.3) is 0 Å². The van der Waals surface area contributed by atoms with Gasteiger partial charge in [0.05, 0.1) is 35.5 Å². The predicted octanol–water partition coefficient (Wildman–Crippen LogP) is 3.58. The quantitative estimate of drug-likeness (QED) is 0.172. The summed E-state index contributed by atoms with van der Waals surface area (Å²) in [5.41, 5.74) is 0.872. The first-order chi connectivity index (χ1) is 20.8. The monoisotopic (exact) mass is 637 g/mol. The van der Waals surface area contributed by atoms with E-state index in [1.165, 1.54) is 6.42 Å². The van der Waals surface area contributed by atoms with E-state index < -0.39 is 45.8 Å². The van der Waals surface area contributed by atoms with Crippen LogP contribution in [0, 0.1) is 23.7 Å². The van der Waals surface area contributed by atoms with Gasteiger partial charge < -0.3 is 25.7 Å². The number of aliphatic hydroxyl groups excluding tert-OH is 2. The molecule has 0 bridgehead atoms. The predicted molar refractivity (Wildman–Crippen MR) is 177 cm³/mol. The van der Waals surface area contributed by atoms with E-state index in [0.717, 1.165) is 44.3 Å². The van der Waals surface area contributed by atoms with Gasteiger partial charge >= 0.3 is 0 Å². The van der Waals surface area contributed by atoms with Gasteiger partial charge in [-0.05, 0) is 49.8 Å². The molecule has 0 saturated heterocycles. The van der Waals surface area contributed by atoms with Crippen molar-refractivity contribution in [2.75, 3.05) is 37.7 Å². The highest BCUT2D eigenvalue weighted by atomic mass is 32.2. The molecule has 44 heavy (non-hydrogen) atoms. The Morgan fingerprint density at radius 1 is 0.977 bits per heavy atom. The number of carbonyl (C=O) groups is 2. The summed E-state index contributed by atoms with van der Waals surface area (Å²) in [5.74, 6) is -1.81. The Morgan fingerprint density at radius 2 is 1.61 bits per heavy atom. The fourth-order valence-electron chi connectivity index (χ4n) is 6.10. The van der Waals surface area contributed by atoms with Gasteiger partial charge in [0.2, 0.25) is 11.8 Å². The Bertz CT molecular complexity index is 1070. The summed E-state index contributed by atoms with van der Waals surface area (Å²) < 4.78 is 26.1. The maximum Gasteiger partial charge on any atom is 0.224 e. The molecule has 4 N–H and O–H groups in total. The van der Waals surface area contributed by atoms with E-state index >= 15 is 0 Å². The summed E-state index contributed by atoms with van der Waals surface area (Å²) in [6.07, 6.45) is 4.85. The number of hydrogen-bond acceptors (Lipinski definition) is 7. The number of carbonyl (C=O) groups excluding carboxylic acids is 2. The Morgan fingerprint density at radius 3 is 2.20 bits per heavy atom. The zero-order chi connectivity index (χ0) is 32.7. The molecule has 1 aliphatic rings. The van der Waals surface area contributed by atoms with Crippen molar-refractivity contribution in [3.05, 3.63) is 35.9 Å². The first-order valence-corrected chi connectivity index (χ1v) is 18.6. The molecule has 0 spiro atoms. The van der Waals surface area contributed by atoms with Crippen LogP contribution in [-0.4, -0.2) is 91.3 Å². The van der Waals surface area contributed by atoms with E-state index in [1.54, 1.807) is 6.92 Å². The summed E-state index contributed by atoms with van der Waals surface area (Å²) in [5, 5.41) is 27.5. The topological polar surface area (TPSA) is 136 Å². The Balaban J connectivity index is 2.07. The highest BCUT2D eigenvalue weighted by Crippen LogP contribution is 2.29. The van der Waals surface area contributed by atoms with E-state index in [0.29, 0.717) is 25.3 Å². The molecule has 1 aromatic carbocycles. The average Bonchev–Trinajstić information content (AvgIpc) is 2.99. The van der Waals surface area contributed by atoms with Crippen LogP contribution < -0.4 is 10.6 Å². The number of benzene rings is 1. The van der Waals surface area contributed by atoms with E-state index in [2.05, 4.69) is 10.6 Å². The Kier molecular flexibility index (Phi) is 16.9. The number of aliphatic hydroxyl groups is 2. The van der Waals surface area contributed by atoms with Gasteiger partial charge in [0.15, 0.2) is 9.84 Å². The van der Waals surface area contributed by atoms with Crippen LogP contribution in [-0.2, 0) is 25.8 Å². The molecule has 5 atom stereocenters. The fraction of sp³-hybridized carbons (Fsp3) is 0.765. The van der Waals surface area contributed by atoms with Crippen molar-refractivity contribution in [1.82, 2.24) is 15.5 Å². The standard InChI is InChI=1S/C34H59N3O6S/c1-6-37(7-2)18-19-44(42,43)24-29(21-27-14-10-8-11-15-27)34(41)35-23-26(5)33(40)36-30(22-28-16-12-9-13-17-28)32(39)31(38)20-25(3)4/h8,10-11,14-15,25-26,28-32,38-39H,6-7,9,12-13,16-24H2,1-5H3,(H,35,41)(H,36,40). The maximum absolute atomic E-state index is 13.4. The summed E-state index contributed by atoms with van der Waals surface area (Å²) >= 11 is 0. The zero-order valence-electron chi connectivity index (χ0n) is 27.7. The van der Waals surface area contributed by atoms with Crippen LogP contribution in [0.15, 0.2) is 30.3 Å². The first-order valence-electron chi connectivity index (χ1n) is 16.8. The Hall–Kier alpha value is -2.01. The summed E-state index contributed by atoms with van der Waals surface area (Å²) in [7, 11) is -3.51. The fourth-order valence-corrected chi connectivity index (χ4v) is 7.68. The molecule has 1 aliphatic carbocycles. The van der Waals surface area contributed by atoms with E-state index in [-0.39, 0.29) is 36.3 Å². The molecule has 1 aromatic rings. The van der Waals surface area contributed by atoms with Crippen molar-refractivity contribution in [3.63, 3.8) is 0 Å². The van der Waals surface area contributed by atoms with Crippen LogP contribution in [0.4, 0.5) is 0 Å². The van der Waals surface area contributed by atoms with Crippen molar-refractivity contribution in [2.45, 2.75) is 104 Å². The highest BCUT2D eigenvalue weighted by Gasteiger charge is 2.32. The molecule has 0 heterocycles. The third-order valence-electron chi connectivity index (χ3n) is 8.95. The smallest absolute Gasteiger partial charge is 0.224 e. The number of sulfone groups is 1. The van der Waals surface area contributed by atoms with Crippen LogP contribution in [0.2, 0.25) is 0 Å². The van der Waals surface area contributed by atoms with Gasteiger partial charge in [0.1, 0.15) is 6.10 Å². The van der Waals surface area contributed by atoms with E-state index in [4.69, 9.17) is 0 Å². The second-order valence-corrected chi connectivity index (χ2v) is 15.4. The van der Waals surface area contributed by atoms with Crippen LogP contribution >= 0.6 is 0 Å². The molecular weight excluding hydrogens is 578 g/mol. The number of amides is 2. The molecule has 1 saturated carbocycles. The molecule has 10 heteroatoms. The minimum atomic E-state index is -3.51. The van der Waals surface area contributed by atoms with E-state index in [1.807, 2.05) is 62.9 Å². The largest absolute Gasteiger partial charge is 0.390 e. The van der Waals surface area contributed by atoms with Gasteiger partial charge in [-0.2, -0.15) is 0 Å². The average molecular weight is 638 g/mol. The lowest BCUT2D eigenvalue weighted by Gasteiger charge is -2.33. The second kappa shape index (κ2) is 19.5. The molecule has 0 aromatic heterocycles. The number of hydrogen-bond donors (Lipinski definition) is 4. The minimum Gasteiger partial charge on any atom is -0.390 e. The van der Waals surface area contributed by atoms with Crippen LogP contribution in [0.5, 0.6) is 0 Å². The lowest BCUT2D eigenvalue weighted by molar-refractivity contribution is -0.128. The normalized spacial score (nSPS) is 18.0. The van der Waals surface area contributed by atoms with Gasteiger partial charge in [-0.15, -0.1) is 0 Å². The Labute approximate surface area is 266 Å². The highest BCUT2D eigenvalue weighted by molar-refractivity contribution is 7.91. The van der Waals surface area contributed by atoms with Crippen molar-refractivity contribution >= 4 is 21.7 Å². The summed E-state index contributed by atoms with van der Waals surface area (Å²) in [4.78, 5) is 28.7. The summed E-state index contributed by atoms with van der Waals surface area (Å²) in [6, 6.07) is 8.78. The van der Waals surface area contributed by atoms with Gasteiger partial charge in [0.25, 0.3) is 0 Å². The number of rotatable bonds is 20. The van der Waals surface area contributed by atoms with Crippen LogP contribution in [0.3, 0.4) is 0 Å². The van der Waals surface area contributed by atoms with Gasteiger partial charge in [-0.25, -0.2) is 8.42 Å². The molecule has 0 radical (unpaired) electrons. The van der Waals surface area contributed by atoms with E-state index in [9.17, 15) is 28.2 Å². The third kappa shape index (κ3) is 14.0. The van der Waals surface area contributed by atoms with Crippen molar-refractivity contribution in [1.29, 1.82) is 0 Å². The lowest BCUT2D eigenvalue weighted by Crippen LogP contribution is -2.52. The van der Waals surface area contributed by atoms with Crippen molar-refractivity contribution < 1.29 is 28.2 Å². The lowest BCUT2D eigenvalue weighted by atomic mass is 9.82. The summed E-state index contributed by atoms with van der Waals surface area (Å²) in [6.45, 7) is 11.6. The number of nitrogens with zero attached hydrogens (tertiary/aromatic N) is 1. The molecule has 5 unspecified atom stereocenters. The van der Waals surface area contributed by atoms with Gasteiger partial charge in [-0.3, -0.25) is 9.59 Å². The number of nitrogens with one attached hydrogen (secondary N) is 2. The SMILES string of the molecule is CCN(CC)CCS(=O)(=O)CC(Cc1ccccc1)C(=O)NCC(C)C(=O)NC(CC1CCCCC1)C(O)C(O)CC(C)C. The first kappa shape index (κ1) is 38.2. The molecule has 1 fully saturated rings. The van der Waals surface area contributed by atoms with Crippen molar-refractivity contribution in [3.8, 4) is 0 Å². The third-order valence-corrected chi connectivity index (χ3v) is 10.7.